The number of ketones is 1. The van der Waals surface area contributed by atoms with Crippen molar-refractivity contribution in [2.24, 2.45) is 12.0 Å². The first-order chi connectivity index (χ1) is 12.1. The van der Waals surface area contributed by atoms with Crippen molar-refractivity contribution < 1.29 is 14.3 Å². The van der Waals surface area contributed by atoms with Gasteiger partial charge in [0.2, 0.25) is 0 Å². The van der Waals surface area contributed by atoms with Gasteiger partial charge in [-0.05, 0) is 45.4 Å². The minimum Gasteiger partial charge on any atom is -0.444 e. The van der Waals surface area contributed by atoms with Crippen LogP contribution in [0, 0.1) is 6.92 Å². The zero-order valence-corrected chi connectivity index (χ0v) is 16.9. The summed E-state index contributed by atoms with van der Waals surface area (Å²) < 4.78 is 7.13. The van der Waals surface area contributed by atoms with Crippen molar-refractivity contribution >= 4 is 28.9 Å². The van der Waals surface area contributed by atoms with Gasteiger partial charge in [0.25, 0.3) is 0 Å². The van der Waals surface area contributed by atoms with E-state index in [0.717, 1.165) is 26.6 Å². The third kappa shape index (κ3) is 5.29. The number of Topliss-reactive ketones (excluding diaryl/α,β-unsaturated/α-hetero) is 1. The molecule has 1 amide bonds. The Morgan fingerprint density at radius 3 is 2.35 bits per heavy atom. The number of benzene rings is 1. The minimum atomic E-state index is -0.514. The van der Waals surface area contributed by atoms with E-state index in [4.69, 9.17) is 4.74 Å². The summed E-state index contributed by atoms with van der Waals surface area (Å²) in [6, 6.07) is 7.58. The number of nitrogens with zero attached hydrogens (tertiary/aromatic N) is 2. The van der Waals surface area contributed by atoms with Crippen LogP contribution in [0.3, 0.4) is 0 Å². The molecule has 1 aromatic carbocycles. The number of amides is 1. The third-order valence-corrected chi connectivity index (χ3v) is 4.96. The highest BCUT2D eigenvalue weighted by atomic mass is 32.1. The van der Waals surface area contributed by atoms with Crippen molar-refractivity contribution in [2.75, 3.05) is 0 Å². The van der Waals surface area contributed by atoms with Crippen LogP contribution in [0.25, 0.3) is 0 Å². The lowest BCUT2D eigenvalue weighted by Crippen LogP contribution is -2.32. The maximum Gasteiger partial charge on any atom is 0.407 e. The average Bonchev–Trinajstić information content (AvgIpc) is 2.81. The van der Waals surface area contributed by atoms with Crippen LogP contribution in [0.5, 0.6) is 0 Å². The summed E-state index contributed by atoms with van der Waals surface area (Å²) in [6.45, 7) is 9.34. The Labute approximate surface area is 157 Å². The zero-order chi connectivity index (χ0) is 19.5. The van der Waals surface area contributed by atoms with Gasteiger partial charge in [-0.1, -0.05) is 23.5 Å². The molecule has 7 heteroatoms. The molecule has 0 unspecified atom stereocenters. The maximum atomic E-state index is 11.7. The molecule has 26 heavy (non-hydrogen) atoms. The molecule has 0 bridgehead atoms. The number of alkyl carbamates (subject to hydrolysis) is 1. The number of ether oxygens (including phenoxy) is 1. The summed E-state index contributed by atoms with van der Waals surface area (Å²) in [5.74, 6) is 0.0492. The van der Waals surface area contributed by atoms with Gasteiger partial charge < -0.3 is 14.6 Å². The molecule has 2 aromatic rings. The van der Waals surface area contributed by atoms with Gasteiger partial charge in [0.1, 0.15) is 5.60 Å². The molecule has 1 aromatic heterocycles. The molecule has 6 nitrogen and oxygen atoms in total. The van der Waals surface area contributed by atoms with Gasteiger partial charge in [-0.25, -0.2) is 9.79 Å². The Morgan fingerprint density at radius 2 is 1.85 bits per heavy atom. The molecule has 0 aliphatic heterocycles. The molecule has 2 rings (SSSR count). The predicted molar refractivity (Wildman–Crippen MR) is 103 cm³/mol. The molecule has 0 radical (unpaired) electrons. The summed E-state index contributed by atoms with van der Waals surface area (Å²) >= 11 is 1.39. The molecular weight excluding hydrogens is 350 g/mol. The van der Waals surface area contributed by atoms with Gasteiger partial charge in [0, 0.05) is 26.2 Å². The van der Waals surface area contributed by atoms with Gasteiger partial charge in [-0.3, -0.25) is 4.79 Å². The highest BCUT2D eigenvalue weighted by molar-refractivity contribution is 7.11. The minimum absolute atomic E-state index is 0.0492. The number of carbonyl (C=O) groups is 2. The maximum absolute atomic E-state index is 11.7. The molecule has 1 heterocycles. The topological polar surface area (TPSA) is 72.7 Å². The van der Waals surface area contributed by atoms with Gasteiger partial charge >= 0.3 is 6.09 Å². The first-order valence-electron chi connectivity index (χ1n) is 8.34. The fourth-order valence-electron chi connectivity index (χ4n) is 2.24. The number of carbonyl (C=O) groups excluding carboxylic acids is 2. The molecule has 0 fully saturated rings. The Bertz CT molecular complexity index is 871. The molecule has 140 valence electrons. The number of nitrogens with one attached hydrogen (secondary N) is 1. The lowest BCUT2D eigenvalue weighted by Gasteiger charge is -2.19. The normalized spacial score (nSPS) is 12.2. The van der Waals surface area contributed by atoms with Crippen LogP contribution in [0.1, 0.15) is 48.6 Å². The van der Waals surface area contributed by atoms with Crippen molar-refractivity contribution in [3.8, 4) is 0 Å². The fraction of sp³-hybridized carbons (Fsp3) is 0.421. The predicted octanol–water partition coefficient (Wildman–Crippen LogP) is 3.85. The van der Waals surface area contributed by atoms with E-state index in [1.54, 1.807) is 6.92 Å². The molecule has 0 aliphatic carbocycles. The van der Waals surface area contributed by atoms with Crippen LogP contribution >= 0.6 is 11.3 Å². The van der Waals surface area contributed by atoms with E-state index < -0.39 is 11.7 Å². The smallest absolute Gasteiger partial charge is 0.407 e. The Hall–Kier alpha value is -2.41. The quantitative estimate of drug-likeness (QED) is 0.825. The lowest BCUT2D eigenvalue weighted by molar-refractivity contribution is 0.0523. The number of hydrogen-bond acceptors (Lipinski definition) is 5. The Balaban J connectivity index is 2.10. The van der Waals surface area contributed by atoms with Gasteiger partial charge in [0.15, 0.2) is 10.6 Å². The number of aromatic nitrogens is 1. The van der Waals surface area contributed by atoms with Crippen molar-refractivity contribution in [1.29, 1.82) is 0 Å². The van der Waals surface area contributed by atoms with Gasteiger partial charge in [-0.2, -0.15) is 0 Å². The second kappa shape index (κ2) is 7.86. The largest absolute Gasteiger partial charge is 0.444 e. The van der Waals surface area contributed by atoms with Crippen LogP contribution in [0.15, 0.2) is 29.3 Å². The number of rotatable bonds is 4. The third-order valence-electron chi connectivity index (χ3n) is 3.63. The SMILES string of the molecule is CC(=O)c1sc(=Nc2ccc(CNC(=O)OC(C)(C)C)cc2)n(C)c1C. The van der Waals surface area contributed by atoms with E-state index in [2.05, 4.69) is 10.3 Å². The summed E-state index contributed by atoms with van der Waals surface area (Å²) in [5.41, 5.74) is 2.14. The zero-order valence-electron chi connectivity index (χ0n) is 16.0. The fourth-order valence-corrected chi connectivity index (χ4v) is 3.28. The van der Waals surface area contributed by atoms with Crippen molar-refractivity contribution in [3.05, 3.63) is 45.2 Å². The first-order valence-corrected chi connectivity index (χ1v) is 9.16. The second-order valence-corrected chi connectivity index (χ2v) is 8.03. The first kappa shape index (κ1) is 19.9. The Kier molecular flexibility index (Phi) is 6.02. The van der Waals surface area contributed by atoms with E-state index in [-0.39, 0.29) is 5.78 Å². The summed E-state index contributed by atoms with van der Waals surface area (Å²) in [7, 11) is 1.90. The van der Waals surface area contributed by atoms with E-state index in [0.29, 0.717) is 6.54 Å². The average molecular weight is 375 g/mol. The standard InChI is InChI=1S/C19H25N3O3S/c1-12-16(13(2)23)26-17(22(12)6)21-15-9-7-14(8-10-15)11-20-18(24)25-19(3,4)5/h7-10H,11H2,1-6H3,(H,20,24). The molecule has 0 atom stereocenters. The van der Waals surface area contributed by atoms with Crippen molar-refractivity contribution in [3.63, 3.8) is 0 Å². The monoisotopic (exact) mass is 375 g/mol. The number of hydrogen-bond donors (Lipinski definition) is 1. The van der Waals surface area contributed by atoms with E-state index in [1.807, 2.05) is 63.6 Å². The molecular formula is C19H25N3O3S. The molecule has 0 saturated heterocycles. The lowest BCUT2D eigenvalue weighted by atomic mass is 10.2. The van der Waals surface area contributed by atoms with E-state index in [1.165, 1.54) is 11.3 Å². The molecule has 0 spiro atoms. The summed E-state index contributed by atoms with van der Waals surface area (Å²) in [5, 5.41) is 2.73. The number of thiazole rings is 1. The van der Waals surface area contributed by atoms with Crippen LogP contribution in [0.4, 0.5) is 10.5 Å². The van der Waals surface area contributed by atoms with Crippen LogP contribution < -0.4 is 10.1 Å². The Morgan fingerprint density at radius 1 is 1.23 bits per heavy atom. The van der Waals surface area contributed by atoms with Crippen LogP contribution in [-0.2, 0) is 18.3 Å². The molecule has 0 saturated carbocycles. The van der Waals surface area contributed by atoms with E-state index in [9.17, 15) is 9.59 Å². The van der Waals surface area contributed by atoms with Gasteiger partial charge in [-0.15, -0.1) is 0 Å². The second-order valence-electron chi connectivity index (χ2n) is 7.05. The van der Waals surface area contributed by atoms with Gasteiger partial charge in [0.05, 0.1) is 10.6 Å². The van der Waals surface area contributed by atoms with Crippen LogP contribution in [-0.4, -0.2) is 22.0 Å². The highest BCUT2D eigenvalue weighted by Crippen LogP contribution is 2.16. The van der Waals surface area contributed by atoms with Crippen molar-refractivity contribution in [1.82, 2.24) is 9.88 Å². The summed E-state index contributed by atoms with van der Waals surface area (Å²) in [4.78, 5) is 29.4. The highest BCUT2D eigenvalue weighted by Gasteiger charge is 2.15. The molecule has 1 N–H and O–H groups in total. The molecule has 0 aliphatic rings. The summed E-state index contributed by atoms with van der Waals surface area (Å²) in [6.07, 6.45) is -0.441. The van der Waals surface area contributed by atoms with Crippen LogP contribution in [0.2, 0.25) is 0 Å². The van der Waals surface area contributed by atoms with E-state index >= 15 is 0 Å². The van der Waals surface area contributed by atoms with Crippen molar-refractivity contribution in [2.45, 2.75) is 46.8 Å².